The number of halogens is 1. The molecular weight excluding hydrogens is 246 g/mol. The van der Waals surface area contributed by atoms with Crippen LogP contribution in [-0.4, -0.2) is 11.4 Å². The van der Waals surface area contributed by atoms with Crippen LogP contribution in [0.1, 0.15) is 48.4 Å². The van der Waals surface area contributed by atoms with Gasteiger partial charge in [0.1, 0.15) is 5.38 Å². The van der Waals surface area contributed by atoms with Gasteiger partial charge in [0.05, 0.1) is 0 Å². The third kappa shape index (κ3) is 3.74. The molecule has 0 bridgehead atoms. The molecule has 0 spiro atoms. The first-order chi connectivity index (χ1) is 8.11. The fourth-order valence-electron chi connectivity index (χ4n) is 2.16. The minimum Gasteiger partial charge on any atom is -0.350 e. The van der Waals surface area contributed by atoms with Crippen molar-refractivity contribution in [3.05, 3.63) is 34.4 Å². The van der Waals surface area contributed by atoms with E-state index in [0.717, 1.165) is 16.7 Å². The van der Waals surface area contributed by atoms with Gasteiger partial charge in [0.15, 0.2) is 0 Å². The highest BCUT2D eigenvalue weighted by Crippen LogP contribution is 2.29. The predicted octanol–water partition coefficient (Wildman–Crippen LogP) is 3.81. The quantitative estimate of drug-likeness (QED) is 0.812. The van der Waals surface area contributed by atoms with E-state index in [0.29, 0.717) is 0 Å². The summed E-state index contributed by atoms with van der Waals surface area (Å²) in [6, 6.07) is 4.12. The largest absolute Gasteiger partial charge is 0.350 e. The smallest absolute Gasteiger partial charge is 0.243 e. The normalized spacial score (nSPS) is 13.3. The second-order valence-electron chi connectivity index (χ2n) is 5.91. The molecule has 3 heteroatoms. The minimum atomic E-state index is -0.634. The molecule has 1 N–H and O–H groups in total. The maximum atomic E-state index is 12.1. The van der Waals surface area contributed by atoms with Gasteiger partial charge in [-0.05, 0) is 58.2 Å². The summed E-state index contributed by atoms with van der Waals surface area (Å²) in [5.74, 6) is -0.140. The third-order valence-electron chi connectivity index (χ3n) is 2.72. The van der Waals surface area contributed by atoms with E-state index in [1.54, 1.807) is 0 Å². The fourth-order valence-corrected chi connectivity index (χ4v) is 2.55. The van der Waals surface area contributed by atoms with Crippen LogP contribution in [0.3, 0.4) is 0 Å². The summed E-state index contributed by atoms with van der Waals surface area (Å²) in [4.78, 5) is 12.1. The maximum absolute atomic E-state index is 12.1. The lowest BCUT2D eigenvalue weighted by Crippen LogP contribution is -2.42. The predicted molar refractivity (Wildman–Crippen MR) is 77.1 cm³/mol. The van der Waals surface area contributed by atoms with Crippen LogP contribution in [-0.2, 0) is 4.79 Å². The zero-order valence-corrected chi connectivity index (χ0v) is 12.8. The average Bonchev–Trinajstić information content (AvgIpc) is 2.12. The zero-order valence-electron chi connectivity index (χ0n) is 12.0. The average molecular weight is 268 g/mol. The molecule has 0 aliphatic heterocycles. The summed E-state index contributed by atoms with van der Waals surface area (Å²) >= 11 is 6.31. The zero-order chi connectivity index (χ0) is 14.1. The highest BCUT2D eigenvalue weighted by atomic mass is 35.5. The van der Waals surface area contributed by atoms with Gasteiger partial charge in [-0.25, -0.2) is 0 Å². The molecule has 0 radical (unpaired) electrons. The van der Waals surface area contributed by atoms with Crippen molar-refractivity contribution in [3.8, 4) is 0 Å². The van der Waals surface area contributed by atoms with Crippen molar-refractivity contribution in [1.82, 2.24) is 5.32 Å². The number of alkyl halides is 1. The second-order valence-corrected chi connectivity index (χ2v) is 6.35. The number of hydrogen-bond donors (Lipinski definition) is 1. The number of hydrogen-bond acceptors (Lipinski definition) is 1. The molecule has 0 fully saturated rings. The van der Waals surface area contributed by atoms with Crippen LogP contribution in [0, 0.1) is 20.8 Å². The summed E-state index contributed by atoms with van der Waals surface area (Å²) in [5, 5.41) is 2.28. The van der Waals surface area contributed by atoms with E-state index in [1.807, 2.05) is 41.5 Å². The van der Waals surface area contributed by atoms with Gasteiger partial charge in [0.25, 0.3) is 0 Å². The molecule has 0 aromatic heterocycles. The lowest BCUT2D eigenvalue weighted by atomic mass is 9.96. The molecule has 1 amide bonds. The third-order valence-corrected chi connectivity index (χ3v) is 3.14. The van der Waals surface area contributed by atoms with Crippen LogP contribution in [0.25, 0.3) is 0 Å². The van der Waals surface area contributed by atoms with Crippen LogP contribution in [0.5, 0.6) is 0 Å². The highest BCUT2D eigenvalue weighted by molar-refractivity contribution is 6.31. The summed E-state index contributed by atoms with van der Waals surface area (Å²) in [6.45, 7) is 11.9. The van der Waals surface area contributed by atoms with Crippen molar-refractivity contribution >= 4 is 17.5 Å². The van der Waals surface area contributed by atoms with E-state index in [9.17, 15) is 4.79 Å². The molecule has 1 aromatic carbocycles. The van der Waals surface area contributed by atoms with Gasteiger partial charge in [-0.3, -0.25) is 4.79 Å². The first-order valence-corrected chi connectivity index (χ1v) is 6.59. The van der Waals surface area contributed by atoms with Crippen molar-refractivity contribution in [3.63, 3.8) is 0 Å². The summed E-state index contributed by atoms with van der Waals surface area (Å²) in [6.07, 6.45) is 0. The fraction of sp³-hybridized carbons (Fsp3) is 0.533. The Morgan fingerprint density at radius 3 is 2.00 bits per heavy atom. The van der Waals surface area contributed by atoms with Gasteiger partial charge in [0.2, 0.25) is 5.91 Å². The SMILES string of the molecule is Cc1cc(C)c(C(Cl)C(=O)NC(C)(C)C)c(C)c1. The highest BCUT2D eigenvalue weighted by Gasteiger charge is 2.24. The van der Waals surface area contributed by atoms with E-state index in [-0.39, 0.29) is 11.4 Å². The van der Waals surface area contributed by atoms with Gasteiger partial charge >= 0.3 is 0 Å². The van der Waals surface area contributed by atoms with Crippen LogP contribution < -0.4 is 5.32 Å². The molecule has 0 saturated heterocycles. The monoisotopic (exact) mass is 267 g/mol. The van der Waals surface area contributed by atoms with Gasteiger partial charge in [-0.15, -0.1) is 11.6 Å². The summed E-state index contributed by atoms with van der Waals surface area (Å²) in [5.41, 5.74) is 3.97. The molecule has 18 heavy (non-hydrogen) atoms. The Kier molecular flexibility index (Phi) is 4.44. The number of carbonyl (C=O) groups is 1. The minimum absolute atomic E-state index is 0.140. The van der Waals surface area contributed by atoms with Crippen LogP contribution in [0.4, 0.5) is 0 Å². The molecule has 0 aliphatic carbocycles. The molecule has 0 aliphatic rings. The Morgan fingerprint density at radius 1 is 1.17 bits per heavy atom. The van der Waals surface area contributed by atoms with Crippen molar-refractivity contribution < 1.29 is 4.79 Å². The molecule has 0 heterocycles. The molecule has 0 saturated carbocycles. The van der Waals surface area contributed by atoms with Crippen molar-refractivity contribution in [2.75, 3.05) is 0 Å². The molecule has 1 rings (SSSR count). The number of rotatable bonds is 2. The van der Waals surface area contributed by atoms with E-state index >= 15 is 0 Å². The van der Waals surface area contributed by atoms with E-state index in [1.165, 1.54) is 5.56 Å². The Hall–Kier alpha value is -1.02. The standard InChI is InChI=1S/C15H22ClNO/c1-9-7-10(2)12(11(3)8-9)13(16)14(18)17-15(4,5)6/h7-8,13H,1-6H3,(H,17,18). The van der Waals surface area contributed by atoms with Gasteiger partial charge in [0, 0.05) is 5.54 Å². The Morgan fingerprint density at radius 2 is 1.61 bits per heavy atom. The van der Waals surface area contributed by atoms with E-state index in [2.05, 4.69) is 17.4 Å². The second kappa shape index (κ2) is 5.31. The molecular formula is C15H22ClNO. The van der Waals surface area contributed by atoms with E-state index in [4.69, 9.17) is 11.6 Å². The van der Waals surface area contributed by atoms with Crippen LogP contribution in [0.2, 0.25) is 0 Å². The Labute approximate surface area is 115 Å². The number of amides is 1. The van der Waals surface area contributed by atoms with Gasteiger partial charge in [-0.2, -0.15) is 0 Å². The summed E-state index contributed by atoms with van der Waals surface area (Å²) < 4.78 is 0. The number of aryl methyl sites for hydroxylation is 3. The lowest BCUT2D eigenvalue weighted by Gasteiger charge is -2.24. The Bertz CT molecular complexity index is 437. The number of nitrogens with one attached hydrogen (secondary N) is 1. The molecule has 1 aromatic rings. The Balaban J connectivity index is 3.04. The molecule has 1 atom stereocenters. The van der Waals surface area contributed by atoms with Crippen LogP contribution in [0.15, 0.2) is 12.1 Å². The lowest BCUT2D eigenvalue weighted by molar-refractivity contribution is -0.122. The topological polar surface area (TPSA) is 29.1 Å². The molecule has 100 valence electrons. The first-order valence-electron chi connectivity index (χ1n) is 6.15. The molecule has 1 unspecified atom stereocenters. The van der Waals surface area contributed by atoms with Gasteiger partial charge in [-0.1, -0.05) is 17.7 Å². The van der Waals surface area contributed by atoms with Crippen molar-refractivity contribution in [1.29, 1.82) is 0 Å². The maximum Gasteiger partial charge on any atom is 0.243 e. The number of carbonyl (C=O) groups excluding carboxylic acids is 1. The van der Waals surface area contributed by atoms with Crippen LogP contribution >= 0.6 is 11.6 Å². The van der Waals surface area contributed by atoms with E-state index < -0.39 is 5.38 Å². The van der Waals surface area contributed by atoms with Gasteiger partial charge < -0.3 is 5.32 Å². The van der Waals surface area contributed by atoms with Crippen molar-refractivity contribution in [2.24, 2.45) is 0 Å². The molecule has 2 nitrogen and oxygen atoms in total. The van der Waals surface area contributed by atoms with Crippen molar-refractivity contribution in [2.45, 2.75) is 52.5 Å². The first kappa shape index (κ1) is 15.0. The summed E-state index contributed by atoms with van der Waals surface area (Å²) in [7, 11) is 0. The number of benzene rings is 1.